The summed E-state index contributed by atoms with van der Waals surface area (Å²) in [5.74, 6) is -1.68. The second-order valence-electron chi connectivity index (χ2n) is 4.33. The van der Waals surface area contributed by atoms with Gasteiger partial charge in [-0.15, -0.1) is 0 Å². The van der Waals surface area contributed by atoms with Crippen molar-refractivity contribution in [3.05, 3.63) is 52.6 Å². The molecule has 0 bridgehead atoms. The normalized spacial score (nSPS) is 11.4. The molecule has 2 rings (SSSR count). The topological polar surface area (TPSA) is 72.2 Å². The van der Waals surface area contributed by atoms with E-state index in [1.165, 1.54) is 25.1 Å². The Morgan fingerprint density at radius 3 is 2.52 bits per heavy atom. The minimum absolute atomic E-state index is 0.0121. The second-order valence-corrected chi connectivity index (χ2v) is 6.42. The predicted molar refractivity (Wildman–Crippen MR) is 77.8 cm³/mol. The van der Waals surface area contributed by atoms with E-state index in [0.29, 0.717) is 0 Å². The Bertz CT molecular complexity index is 787. The molecule has 0 aliphatic carbocycles. The SMILES string of the molecule is Cc1c(N)cc(S(=O)(=O)Nc2cccc(Cl)c2F)cc1F. The largest absolute Gasteiger partial charge is 0.398 e. The molecular formula is C13H11ClF2N2O2S. The van der Waals surface area contributed by atoms with Gasteiger partial charge in [-0.2, -0.15) is 0 Å². The van der Waals surface area contributed by atoms with Crippen LogP contribution in [0.3, 0.4) is 0 Å². The van der Waals surface area contributed by atoms with Crippen LogP contribution in [-0.4, -0.2) is 8.42 Å². The molecule has 2 aromatic rings. The van der Waals surface area contributed by atoms with Crippen LogP contribution >= 0.6 is 11.6 Å². The average molecular weight is 333 g/mol. The van der Waals surface area contributed by atoms with Crippen molar-refractivity contribution in [3.63, 3.8) is 0 Å². The Balaban J connectivity index is 2.46. The first-order valence-corrected chi connectivity index (χ1v) is 7.61. The molecule has 8 heteroatoms. The van der Waals surface area contributed by atoms with E-state index in [4.69, 9.17) is 17.3 Å². The number of nitrogen functional groups attached to an aromatic ring is 1. The van der Waals surface area contributed by atoms with Gasteiger partial charge in [0.1, 0.15) is 5.82 Å². The van der Waals surface area contributed by atoms with Crippen molar-refractivity contribution in [2.24, 2.45) is 0 Å². The van der Waals surface area contributed by atoms with Crippen LogP contribution in [0.15, 0.2) is 35.2 Å². The van der Waals surface area contributed by atoms with Crippen LogP contribution in [0, 0.1) is 18.6 Å². The van der Waals surface area contributed by atoms with Gasteiger partial charge in [-0.3, -0.25) is 4.72 Å². The number of nitrogens with two attached hydrogens (primary N) is 1. The van der Waals surface area contributed by atoms with E-state index in [2.05, 4.69) is 0 Å². The summed E-state index contributed by atoms with van der Waals surface area (Å²) in [6, 6.07) is 5.78. The highest BCUT2D eigenvalue weighted by Gasteiger charge is 2.19. The van der Waals surface area contributed by atoms with Gasteiger partial charge in [0.15, 0.2) is 5.82 Å². The molecule has 4 nitrogen and oxygen atoms in total. The molecule has 21 heavy (non-hydrogen) atoms. The molecule has 112 valence electrons. The smallest absolute Gasteiger partial charge is 0.262 e. The van der Waals surface area contributed by atoms with Crippen molar-refractivity contribution in [2.45, 2.75) is 11.8 Å². The van der Waals surface area contributed by atoms with Gasteiger partial charge in [-0.25, -0.2) is 17.2 Å². The Kier molecular flexibility index (Phi) is 4.06. The van der Waals surface area contributed by atoms with E-state index >= 15 is 0 Å². The molecule has 0 aliphatic heterocycles. The zero-order valence-electron chi connectivity index (χ0n) is 10.8. The third kappa shape index (κ3) is 3.08. The van der Waals surface area contributed by atoms with Crippen molar-refractivity contribution in [2.75, 3.05) is 10.5 Å². The van der Waals surface area contributed by atoms with E-state index in [1.54, 1.807) is 0 Å². The molecule has 3 N–H and O–H groups in total. The molecule has 0 saturated carbocycles. The van der Waals surface area contributed by atoms with E-state index < -0.39 is 26.6 Å². The quantitative estimate of drug-likeness (QED) is 0.847. The lowest BCUT2D eigenvalue weighted by Gasteiger charge is -2.11. The number of nitrogens with one attached hydrogen (secondary N) is 1. The third-order valence-electron chi connectivity index (χ3n) is 2.86. The molecule has 0 fully saturated rings. The zero-order chi connectivity index (χ0) is 15.8. The maximum Gasteiger partial charge on any atom is 0.262 e. The average Bonchev–Trinajstić information content (AvgIpc) is 2.40. The van der Waals surface area contributed by atoms with E-state index in [9.17, 15) is 17.2 Å². The van der Waals surface area contributed by atoms with Gasteiger partial charge in [0.05, 0.1) is 15.6 Å². The van der Waals surface area contributed by atoms with Crippen LogP contribution < -0.4 is 10.5 Å². The molecule has 0 spiro atoms. The molecular weight excluding hydrogens is 322 g/mol. The molecule has 0 aliphatic rings. The van der Waals surface area contributed by atoms with Gasteiger partial charge >= 0.3 is 0 Å². The number of halogens is 3. The van der Waals surface area contributed by atoms with Crippen molar-refractivity contribution >= 4 is 33.0 Å². The Morgan fingerprint density at radius 1 is 1.24 bits per heavy atom. The Labute approximate surface area is 125 Å². The van der Waals surface area contributed by atoms with Gasteiger partial charge in [0.25, 0.3) is 10.0 Å². The van der Waals surface area contributed by atoms with Gasteiger partial charge in [-0.1, -0.05) is 17.7 Å². The molecule has 0 saturated heterocycles. The summed E-state index contributed by atoms with van der Waals surface area (Å²) < 4.78 is 53.6. The number of sulfonamides is 1. The standard InChI is InChI=1S/C13H11ClF2N2O2S/c1-7-10(15)5-8(6-11(7)17)21(19,20)18-12-4-2-3-9(14)13(12)16/h2-6,18H,17H2,1H3. The lowest BCUT2D eigenvalue weighted by Crippen LogP contribution is -2.15. The van der Waals surface area contributed by atoms with Crippen molar-refractivity contribution in [1.82, 2.24) is 0 Å². The fraction of sp³-hybridized carbons (Fsp3) is 0.0769. The molecule has 0 radical (unpaired) electrons. The molecule has 0 amide bonds. The van der Waals surface area contributed by atoms with E-state index in [0.717, 1.165) is 12.1 Å². The lowest BCUT2D eigenvalue weighted by molar-refractivity contribution is 0.592. The minimum Gasteiger partial charge on any atom is -0.398 e. The first-order valence-electron chi connectivity index (χ1n) is 5.75. The summed E-state index contributed by atoms with van der Waals surface area (Å²) in [5.41, 5.74) is 5.34. The first-order chi connectivity index (χ1) is 9.72. The molecule has 0 heterocycles. The number of hydrogen-bond donors (Lipinski definition) is 2. The van der Waals surface area contributed by atoms with Gasteiger partial charge in [0, 0.05) is 11.3 Å². The molecule has 0 unspecified atom stereocenters. The highest BCUT2D eigenvalue weighted by molar-refractivity contribution is 7.92. The maximum atomic E-state index is 13.7. The van der Waals surface area contributed by atoms with Crippen LogP contribution in [0.1, 0.15) is 5.56 Å². The highest BCUT2D eigenvalue weighted by atomic mass is 35.5. The number of anilines is 2. The minimum atomic E-state index is -4.18. The van der Waals surface area contributed by atoms with Gasteiger partial charge in [-0.05, 0) is 31.2 Å². The Morgan fingerprint density at radius 2 is 1.90 bits per heavy atom. The molecule has 2 aromatic carbocycles. The van der Waals surface area contributed by atoms with Gasteiger partial charge < -0.3 is 5.73 Å². The third-order valence-corrected chi connectivity index (χ3v) is 4.50. The van der Waals surface area contributed by atoms with E-state index in [1.807, 2.05) is 4.72 Å². The van der Waals surface area contributed by atoms with Gasteiger partial charge in [0.2, 0.25) is 0 Å². The van der Waals surface area contributed by atoms with Crippen molar-refractivity contribution in [3.8, 4) is 0 Å². The van der Waals surface area contributed by atoms with Crippen LogP contribution in [0.4, 0.5) is 20.2 Å². The summed E-state index contributed by atoms with van der Waals surface area (Å²) in [5, 5.41) is -0.232. The monoisotopic (exact) mass is 332 g/mol. The van der Waals surface area contributed by atoms with Crippen LogP contribution in [0.25, 0.3) is 0 Å². The second kappa shape index (κ2) is 5.50. The van der Waals surface area contributed by atoms with Crippen LogP contribution in [0.5, 0.6) is 0 Å². The zero-order valence-corrected chi connectivity index (χ0v) is 12.4. The molecule has 0 atom stereocenters. The number of rotatable bonds is 3. The van der Waals surface area contributed by atoms with Crippen LogP contribution in [-0.2, 0) is 10.0 Å². The molecule has 0 aromatic heterocycles. The summed E-state index contributed by atoms with van der Waals surface area (Å²) >= 11 is 5.57. The Hall–Kier alpha value is -1.86. The van der Waals surface area contributed by atoms with E-state index in [-0.39, 0.29) is 22.0 Å². The highest BCUT2D eigenvalue weighted by Crippen LogP contribution is 2.26. The first kappa shape index (κ1) is 15.5. The van der Waals surface area contributed by atoms with Crippen LogP contribution in [0.2, 0.25) is 5.02 Å². The fourth-order valence-electron chi connectivity index (χ4n) is 1.62. The van der Waals surface area contributed by atoms with Crippen molar-refractivity contribution < 1.29 is 17.2 Å². The number of benzene rings is 2. The maximum absolute atomic E-state index is 13.7. The summed E-state index contributed by atoms with van der Waals surface area (Å²) in [6.07, 6.45) is 0. The van der Waals surface area contributed by atoms with Crippen molar-refractivity contribution in [1.29, 1.82) is 0 Å². The summed E-state index contributed by atoms with van der Waals surface area (Å²) in [7, 11) is -4.18. The number of hydrogen-bond acceptors (Lipinski definition) is 3. The summed E-state index contributed by atoms with van der Waals surface area (Å²) in [4.78, 5) is -0.400. The summed E-state index contributed by atoms with van der Waals surface area (Å²) in [6.45, 7) is 1.42. The predicted octanol–water partition coefficient (Wildman–Crippen LogP) is 3.31. The lowest BCUT2D eigenvalue weighted by atomic mass is 10.2. The fourth-order valence-corrected chi connectivity index (χ4v) is 2.90.